The SMILES string of the molecule is O=C(NC1CC1)c1cc(NCCN2CCOCC2)nc2ccccc12. The molecule has 6 nitrogen and oxygen atoms in total. The van der Waals surface area contributed by atoms with Crippen LogP contribution in [0, 0.1) is 0 Å². The molecular formula is C19H24N4O2. The highest BCUT2D eigenvalue weighted by Crippen LogP contribution is 2.23. The lowest BCUT2D eigenvalue weighted by atomic mass is 10.1. The molecule has 0 unspecified atom stereocenters. The van der Waals surface area contributed by atoms with Crippen LogP contribution in [0.3, 0.4) is 0 Å². The smallest absolute Gasteiger partial charge is 0.252 e. The Kier molecular flexibility index (Phi) is 4.81. The van der Waals surface area contributed by atoms with E-state index in [4.69, 9.17) is 4.74 Å². The summed E-state index contributed by atoms with van der Waals surface area (Å²) in [6.45, 7) is 5.31. The zero-order chi connectivity index (χ0) is 17.1. The van der Waals surface area contributed by atoms with E-state index in [1.807, 2.05) is 30.3 Å². The molecule has 1 aliphatic carbocycles. The monoisotopic (exact) mass is 340 g/mol. The summed E-state index contributed by atoms with van der Waals surface area (Å²) in [6.07, 6.45) is 2.17. The van der Waals surface area contributed by atoms with Crippen LogP contribution in [0.1, 0.15) is 23.2 Å². The van der Waals surface area contributed by atoms with Crippen LogP contribution >= 0.6 is 0 Å². The van der Waals surface area contributed by atoms with Crippen molar-refractivity contribution in [2.24, 2.45) is 0 Å². The first-order valence-electron chi connectivity index (χ1n) is 9.04. The zero-order valence-corrected chi connectivity index (χ0v) is 14.3. The minimum absolute atomic E-state index is 0.00247. The van der Waals surface area contributed by atoms with Crippen LogP contribution in [0.25, 0.3) is 10.9 Å². The molecule has 1 amide bonds. The molecule has 2 aromatic rings. The third-order valence-corrected chi connectivity index (χ3v) is 4.71. The first kappa shape index (κ1) is 16.3. The first-order chi connectivity index (χ1) is 12.3. The molecule has 1 aliphatic heterocycles. The van der Waals surface area contributed by atoms with E-state index in [0.29, 0.717) is 11.6 Å². The molecule has 0 radical (unpaired) electrons. The van der Waals surface area contributed by atoms with Crippen molar-refractivity contribution in [3.8, 4) is 0 Å². The van der Waals surface area contributed by atoms with Crippen molar-refractivity contribution in [3.05, 3.63) is 35.9 Å². The maximum atomic E-state index is 12.6. The number of carbonyl (C=O) groups excluding carboxylic acids is 1. The van der Waals surface area contributed by atoms with Crippen molar-refractivity contribution in [3.63, 3.8) is 0 Å². The van der Waals surface area contributed by atoms with E-state index in [-0.39, 0.29) is 5.91 Å². The second kappa shape index (κ2) is 7.37. The summed E-state index contributed by atoms with van der Waals surface area (Å²) in [5.74, 6) is 0.755. The van der Waals surface area contributed by atoms with Crippen molar-refractivity contribution in [1.29, 1.82) is 0 Å². The van der Waals surface area contributed by atoms with Crippen molar-refractivity contribution < 1.29 is 9.53 Å². The zero-order valence-electron chi connectivity index (χ0n) is 14.3. The highest BCUT2D eigenvalue weighted by molar-refractivity contribution is 6.07. The van der Waals surface area contributed by atoms with Gasteiger partial charge in [0.1, 0.15) is 5.82 Å². The number of fused-ring (bicyclic) bond motifs is 1. The lowest BCUT2D eigenvalue weighted by Gasteiger charge is -2.26. The molecule has 1 aromatic heterocycles. The Morgan fingerprint density at radius 3 is 2.84 bits per heavy atom. The predicted molar refractivity (Wildman–Crippen MR) is 98.0 cm³/mol. The second-order valence-corrected chi connectivity index (χ2v) is 6.70. The molecule has 0 spiro atoms. The fourth-order valence-corrected chi connectivity index (χ4v) is 3.11. The number of nitrogens with one attached hydrogen (secondary N) is 2. The maximum Gasteiger partial charge on any atom is 0.252 e. The van der Waals surface area contributed by atoms with Gasteiger partial charge in [0.25, 0.3) is 5.91 Å². The van der Waals surface area contributed by atoms with E-state index < -0.39 is 0 Å². The standard InChI is InChI=1S/C19H24N4O2/c24-19(21-14-5-6-14)16-13-18(22-17-4-2-1-3-15(16)17)20-7-8-23-9-11-25-12-10-23/h1-4,13-14H,5-12H2,(H,20,22)(H,21,24). The van der Waals surface area contributed by atoms with E-state index >= 15 is 0 Å². The van der Waals surface area contributed by atoms with E-state index in [1.54, 1.807) is 0 Å². The van der Waals surface area contributed by atoms with Crippen molar-refractivity contribution >= 4 is 22.6 Å². The summed E-state index contributed by atoms with van der Waals surface area (Å²) in [5, 5.41) is 7.36. The average molecular weight is 340 g/mol. The number of pyridine rings is 1. The Hall–Kier alpha value is -2.18. The number of amides is 1. The van der Waals surface area contributed by atoms with Crippen molar-refractivity contribution in [1.82, 2.24) is 15.2 Å². The van der Waals surface area contributed by atoms with Gasteiger partial charge in [-0.25, -0.2) is 4.98 Å². The molecule has 2 N–H and O–H groups in total. The number of hydrogen-bond acceptors (Lipinski definition) is 5. The molecule has 2 aliphatic rings. The van der Waals surface area contributed by atoms with E-state index in [1.165, 1.54) is 0 Å². The summed E-state index contributed by atoms with van der Waals surface area (Å²) in [4.78, 5) is 19.6. The normalized spacial score (nSPS) is 18.2. The summed E-state index contributed by atoms with van der Waals surface area (Å²) in [7, 11) is 0. The Morgan fingerprint density at radius 1 is 1.24 bits per heavy atom. The number of morpholine rings is 1. The van der Waals surface area contributed by atoms with Gasteiger partial charge in [-0.05, 0) is 25.0 Å². The van der Waals surface area contributed by atoms with Gasteiger partial charge in [0, 0.05) is 37.6 Å². The predicted octanol–water partition coefficient (Wildman–Crippen LogP) is 1.87. The number of ether oxygens (including phenoxy) is 1. The van der Waals surface area contributed by atoms with Crippen LogP contribution in [0.5, 0.6) is 0 Å². The summed E-state index contributed by atoms with van der Waals surface area (Å²) in [5.41, 5.74) is 1.55. The van der Waals surface area contributed by atoms with Gasteiger partial charge in [0.2, 0.25) is 0 Å². The number of hydrogen-bond donors (Lipinski definition) is 2. The number of anilines is 1. The third-order valence-electron chi connectivity index (χ3n) is 4.71. The Labute approximate surface area is 147 Å². The lowest BCUT2D eigenvalue weighted by Crippen LogP contribution is -2.39. The van der Waals surface area contributed by atoms with Gasteiger partial charge in [0.15, 0.2) is 0 Å². The Bertz CT molecular complexity index is 754. The van der Waals surface area contributed by atoms with Gasteiger partial charge < -0.3 is 15.4 Å². The quantitative estimate of drug-likeness (QED) is 0.840. The third kappa shape index (κ3) is 4.08. The molecule has 2 heterocycles. The molecular weight excluding hydrogens is 316 g/mol. The van der Waals surface area contributed by atoms with Crippen LogP contribution in [0.2, 0.25) is 0 Å². The number of benzene rings is 1. The van der Waals surface area contributed by atoms with E-state index in [0.717, 1.165) is 69.0 Å². The highest BCUT2D eigenvalue weighted by atomic mass is 16.5. The Balaban J connectivity index is 1.48. The number of para-hydroxylation sites is 1. The van der Waals surface area contributed by atoms with E-state index in [2.05, 4.69) is 20.5 Å². The van der Waals surface area contributed by atoms with Gasteiger partial charge in [-0.3, -0.25) is 9.69 Å². The molecule has 1 saturated carbocycles. The molecule has 0 atom stereocenters. The summed E-state index contributed by atoms with van der Waals surface area (Å²) >= 11 is 0. The molecule has 6 heteroatoms. The fraction of sp³-hybridized carbons (Fsp3) is 0.474. The molecule has 1 saturated heterocycles. The Morgan fingerprint density at radius 2 is 2.04 bits per heavy atom. The topological polar surface area (TPSA) is 66.5 Å². The number of aromatic nitrogens is 1. The van der Waals surface area contributed by atoms with Crippen molar-refractivity contribution in [2.75, 3.05) is 44.7 Å². The van der Waals surface area contributed by atoms with Crippen LogP contribution in [-0.4, -0.2) is 61.2 Å². The minimum Gasteiger partial charge on any atom is -0.379 e. The van der Waals surface area contributed by atoms with Crippen LogP contribution in [0.4, 0.5) is 5.82 Å². The average Bonchev–Trinajstić information content (AvgIpc) is 3.46. The van der Waals surface area contributed by atoms with Gasteiger partial charge in [-0.2, -0.15) is 0 Å². The summed E-state index contributed by atoms with van der Waals surface area (Å²) < 4.78 is 5.37. The highest BCUT2D eigenvalue weighted by Gasteiger charge is 2.25. The molecule has 25 heavy (non-hydrogen) atoms. The van der Waals surface area contributed by atoms with Gasteiger partial charge in [-0.15, -0.1) is 0 Å². The van der Waals surface area contributed by atoms with Gasteiger partial charge in [-0.1, -0.05) is 18.2 Å². The minimum atomic E-state index is -0.00247. The summed E-state index contributed by atoms with van der Waals surface area (Å²) in [6, 6.07) is 10.0. The second-order valence-electron chi connectivity index (χ2n) is 6.70. The molecule has 4 rings (SSSR count). The van der Waals surface area contributed by atoms with Gasteiger partial charge in [0.05, 0.1) is 24.3 Å². The largest absolute Gasteiger partial charge is 0.379 e. The van der Waals surface area contributed by atoms with Crippen LogP contribution in [0.15, 0.2) is 30.3 Å². The first-order valence-corrected chi connectivity index (χ1v) is 9.04. The molecule has 1 aromatic carbocycles. The number of carbonyl (C=O) groups is 1. The molecule has 2 fully saturated rings. The van der Waals surface area contributed by atoms with Gasteiger partial charge >= 0.3 is 0 Å². The van der Waals surface area contributed by atoms with E-state index in [9.17, 15) is 4.79 Å². The number of nitrogens with zero attached hydrogens (tertiary/aromatic N) is 2. The van der Waals surface area contributed by atoms with Crippen LogP contribution in [-0.2, 0) is 4.74 Å². The van der Waals surface area contributed by atoms with Crippen LogP contribution < -0.4 is 10.6 Å². The van der Waals surface area contributed by atoms with Crippen molar-refractivity contribution in [2.45, 2.75) is 18.9 Å². The lowest BCUT2D eigenvalue weighted by molar-refractivity contribution is 0.0398. The maximum absolute atomic E-state index is 12.6. The molecule has 132 valence electrons. The number of rotatable bonds is 6. The molecule has 0 bridgehead atoms. The fourth-order valence-electron chi connectivity index (χ4n) is 3.11.